The van der Waals surface area contributed by atoms with E-state index >= 15 is 0 Å². The smallest absolute Gasteiger partial charge is 0.273 e. The number of carbonyl (C=O) groups is 1. The van der Waals surface area contributed by atoms with Gasteiger partial charge < -0.3 is 19.0 Å². The van der Waals surface area contributed by atoms with Crippen LogP contribution in [0.5, 0.6) is 5.75 Å². The van der Waals surface area contributed by atoms with Crippen molar-refractivity contribution >= 4 is 5.91 Å². The standard InChI is InChI=1S/C21H23N3O4/c1-26-16-8-6-15(7-9-16)20-13-17(23-28-20)21(25)22-14-18(19-5-4-12-27-19)24-10-2-3-11-24/h4-9,12-13,18H,2-3,10-11,14H2,1H3,(H,22,25)/t18-/m1/s1. The summed E-state index contributed by atoms with van der Waals surface area (Å²) in [7, 11) is 1.62. The Hall–Kier alpha value is -3.06. The third-order valence-corrected chi connectivity index (χ3v) is 5.03. The number of nitrogens with zero attached hydrogens (tertiary/aromatic N) is 2. The minimum absolute atomic E-state index is 0.0226. The monoisotopic (exact) mass is 381 g/mol. The zero-order chi connectivity index (χ0) is 19.3. The van der Waals surface area contributed by atoms with E-state index in [0.29, 0.717) is 12.3 Å². The number of likely N-dealkylation sites (tertiary alicyclic amines) is 1. The van der Waals surface area contributed by atoms with E-state index in [0.717, 1.165) is 30.2 Å². The minimum atomic E-state index is -0.265. The lowest BCUT2D eigenvalue weighted by Crippen LogP contribution is -2.36. The highest BCUT2D eigenvalue weighted by atomic mass is 16.5. The van der Waals surface area contributed by atoms with E-state index in [4.69, 9.17) is 13.7 Å². The van der Waals surface area contributed by atoms with Gasteiger partial charge in [0.1, 0.15) is 11.5 Å². The van der Waals surface area contributed by atoms with Gasteiger partial charge >= 0.3 is 0 Å². The Kier molecular flexibility index (Phi) is 5.43. The summed E-state index contributed by atoms with van der Waals surface area (Å²) >= 11 is 0. The molecular weight excluding hydrogens is 358 g/mol. The largest absolute Gasteiger partial charge is 0.497 e. The summed E-state index contributed by atoms with van der Waals surface area (Å²) in [5.74, 6) is 1.89. The SMILES string of the molecule is COc1ccc(-c2cc(C(=O)NC[C@H](c3ccco3)N3CCCC3)no2)cc1. The fraction of sp³-hybridized carbons (Fsp3) is 0.333. The van der Waals surface area contributed by atoms with Crippen molar-refractivity contribution in [1.82, 2.24) is 15.4 Å². The van der Waals surface area contributed by atoms with E-state index < -0.39 is 0 Å². The van der Waals surface area contributed by atoms with Gasteiger partial charge in [0, 0.05) is 18.2 Å². The highest BCUT2D eigenvalue weighted by Crippen LogP contribution is 2.26. The van der Waals surface area contributed by atoms with Gasteiger partial charge in [-0.15, -0.1) is 0 Å². The quantitative estimate of drug-likeness (QED) is 0.675. The summed E-state index contributed by atoms with van der Waals surface area (Å²) in [6.45, 7) is 2.47. The molecule has 7 heteroatoms. The van der Waals surface area contributed by atoms with Gasteiger partial charge in [0.25, 0.3) is 5.91 Å². The van der Waals surface area contributed by atoms with Crippen LogP contribution in [0, 0.1) is 0 Å². The second-order valence-electron chi connectivity index (χ2n) is 6.79. The van der Waals surface area contributed by atoms with Crippen LogP contribution in [0.25, 0.3) is 11.3 Å². The maximum absolute atomic E-state index is 12.6. The van der Waals surface area contributed by atoms with Gasteiger partial charge in [-0.05, 0) is 62.3 Å². The average molecular weight is 381 g/mol. The van der Waals surface area contributed by atoms with Crippen molar-refractivity contribution < 1.29 is 18.5 Å². The van der Waals surface area contributed by atoms with E-state index in [1.807, 2.05) is 36.4 Å². The van der Waals surface area contributed by atoms with Gasteiger partial charge in [0.05, 0.1) is 19.4 Å². The van der Waals surface area contributed by atoms with Crippen LogP contribution in [-0.2, 0) is 0 Å². The number of rotatable bonds is 7. The van der Waals surface area contributed by atoms with Gasteiger partial charge in [-0.2, -0.15) is 0 Å². The number of furan rings is 1. The van der Waals surface area contributed by atoms with Gasteiger partial charge in [0.15, 0.2) is 11.5 Å². The molecule has 7 nitrogen and oxygen atoms in total. The molecule has 0 unspecified atom stereocenters. The van der Waals surface area contributed by atoms with Crippen LogP contribution >= 0.6 is 0 Å². The lowest BCUT2D eigenvalue weighted by atomic mass is 10.1. The molecule has 0 saturated carbocycles. The van der Waals surface area contributed by atoms with Crippen LogP contribution in [0.15, 0.2) is 57.7 Å². The first-order valence-corrected chi connectivity index (χ1v) is 9.41. The third kappa shape index (κ3) is 3.94. The first-order chi connectivity index (χ1) is 13.7. The number of aromatic nitrogens is 1. The number of nitrogens with one attached hydrogen (secondary N) is 1. The van der Waals surface area contributed by atoms with Gasteiger partial charge in [-0.25, -0.2) is 0 Å². The molecule has 0 aliphatic carbocycles. The molecule has 146 valence electrons. The van der Waals surface area contributed by atoms with Crippen LogP contribution in [0.2, 0.25) is 0 Å². The molecule has 0 radical (unpaired) electrons. The predicted molar refractivity (Wildman–Crippen MR) is 103 cm³/mol. The normalized spacial score (nSPS) is 15.5. The number of amides is 1. The first-order valence-electron chi connectivity index (χ1n) is 9.41. The highest BCUT2D eigenvalue weighted by Gasteiger charge is 2.26. The molecule has 1 saturated heterocycles. The third-order valence-electron chi connectivity index (χ3n) is 5.03. The number of hydrogen-bond acceptors (Lipinski definition) is 6. The van der Waals surface area contributed by atoms with Crippen molar-refractivity contribution in [3.05, 3.63) is 60.2 Å². The molecule has 3 aromatic rings. The molecular formula is C21H23N3O4. The molecule has 0 bridgehead atoms. The van der Waals surface area contributed by atoms with Crippen LogP contribution < -0.4 is 10.1 Å². The number of methoxy groups -OCH3 is 1. The van der Waals surface area contributed by atoms with Crippen LogP contribution in [0.1, 0.15) is 35.1 Å². The lowest BCUT2D eigenvalue weighted by molar-refractivity contribution is 0.0925. The Labute approximate surface area is 163 Å². The minimum Gasteiger partial charge on any atom is -0.497 e. The van der Waals surface area contributed by atoms with Crippen LogP contribution in [0.3, 0.4) is 0 Å². The van der Waals surface area contributed by atoms with Crippen molar-refractivity contribution in [1.29, 1.82) is 0 Å². The summed E-state index contributed by atoms with van der Waals surface area (Å²) in [6, 6.07) is 12.9. The highest BCUT2D eigenvalue weighted by molar-refractivity contribution is 5.93. The second-order valence-corrected chi connectivity index (χ2v) is 6.79. The summed E-state index contributed by atoms with van der Waals surface area (Å²) in [5, 5.41) is 6.88. The van der Waals surface area contributed by atoms with Gasteiger partial charge in [-0.3, -0.25) is 9.69 Å². The molecule has 1 aliphatic rings. The van der Waals surface area contributed by atoms with Crippen molar-refractivity contribution in [3.8, 4) is 17.1 Å². The molecule has 1 aliphatic heterocycles. The maximum Gasteiger partial charge on any atom is 0.273 e. The summed E-state index contributed by atoms with van der Waals surface area (Å²) in [6.07, 6.45) is 4.00. The molecule has 1 fully saturated rings. The summed E-state index contributed by atoms with van der Waals surface area (Å²) < 4.78 is 16.1. The van der Waals surface area contributed by atoms with Crippen molar-refractivity contribution in [2.24, 2.45) is 0 Å². The number of ether oxygens (including phenoxy) is 1. The fourth-order valence-electron chi connectivity index (χ4n) is 3.50. The Morgan fingerprint density at radius 3 is 2.71 bits per heavy atom. The Morgan fingerprint density at radius 1 is 1.25 bits per heavy atom. The van der Waals surface area contributed by atoms with Crippen molar-refractivity contribution in [2.45, 2.75) is 18.9 Å². The molecule has 1 aromatic carbocycles. The van der Waals surface area contributed by atoms with E-state index in [9.17, 15) is 4.79 Å². The van der Waals surface area contributed by atoms with E-state index in [2.05, 4.69) is 15.4 Å². The number of carbonyl (C=O) groups excluding carboxylic acids is 1. The molecule has 1 atom stereocenters. The molecule has 1 N–H and O–H groups in total. The zero-order valence-corrected chi connectivity index (χ0v) is 15.8. The topological polar surface area (TPSA) is 80.7 Å². The Morgan fingerprint density at radius 2 is 2.04 bits per heavy atom. The zero-order valence-electron chi connectivity index (χ0n) is 15.8. The molecule has 4 rings (SSSR count). The Bertz CT molecular complexity index is 896. The van der Waals surface area contributed by atoms with Crippen molar-refractivity contribution in [3.63, 3.8) is 0 Å². The van der Waals surface area contributed by atoms with Crippen molar-refractivity contribution in [2.75, 3.05) is 26.7 Å². The molecule has 0 spiro atoms. The number of benzene rings is 1. The molecule has 3 heterocycles. The summed E-state index contributed by atoms with van der Waals surface area (Å²) in [5.41, 5.74) is 1.09. The lowest BCUT2D eigenvalue weighted by Gasteiger charge is -2.25. The van der Waals surface area contributed by atoms with Crippen LogP contribution in [-0.4, -0.2) is 42.7 Å². The number of hydrogen-bond donors (Lipinski definition) is 1. The second kappa shape index (κ2) is 8.31. The van der Waals surface area contributed by atoms with Gasteiger partial charge in [0.2, 0.25) is 0 Å². The predicted octanol–water partition coefficient (Wildman–Crippen LogP) is 3.51. The maximum atomic E-state index is 12.6. The van der Waals surface area contributed by atoms with Crippen LogP contribution in [0.4, 0.5) is 0 Å². The van der Waals surface area contributed by atoms with Gasteiger partial charge in [-0.1, -0.05) is 5.16 Å². The molecule has 28 heavy (non-hydrogen) atoms. The fourth-order valence-corrected chi connectivity index (χ4v) is 3.50. The molecule has 2 aromatic heterocycles. The van der Waals surface area contributed by atoms with E-state index in [-0.39, 0.29) is 17.6 Å². The first kappa shape index (κ1) is 18.3. The van der Waals surface area contributed by atoms with E-state index in [1.54, 1.807) is 19.4 Å². The summed E-state index contributed by atoms with van der Waals surface area (Å²) in [4.78, 5) is 14.9. The van der Waals surface area contributed by atoms with E-state index in [1.165, 1.54) is 12.8 Å². The Balaban J connectivity index is 1.42. The molecule has 1 amide bonds. The average Bonchev–Trinajstić information content (AvgIpc) is 3.50.